The van der Waals surface area contributed by atoms with Crippen LogP contribution in [-0.2, 0) is 0 Å². The second-order valence-corrected chi connectivity index (χ2v) is 5.97. The molecule has 7 heteroatoms. The van der Waals surface area contributed by atoms with Crippen molar-refractivity contribution in [3.63, 3.8) is 0 Å². The monoisotopic (exact) mass is 309 g/mol. The Balaban J connectivity index is 2.16. The number of rotatable bonds is 6. The fourth-order valence-electron chi connectivity index (χ4n) is 2.31. The van der Waals surface area contributed by atoms with Gasteiger partial charge in [0.1, 0.15) is 10.7 Å². The SMILES string of the molecule is C=CCN(CCC)C(=O)c1sc(N2CCNCC2)nc1N. The minimum absolute atomic E-state index is 0.0480. The average Bonchev–Trinajstić information content (AvgIpc) is 2.89. The van der Waals surface area contributed by atoms with E-state index in [4.69, 9.17) is 5.73 Å². The summed E-state index contributed by atoms with van der Waals surface area (Å²) in [6.45, 7) is 10.6. The number of aromatic nitrogens is 1. The van der Waals surface area contributed by atoms with E-state index in [2.05, 4.69) is 21.8 Å². The molecule has 116 valence electrons. The zero-order chi connectivity index (χ0) is 15.2. The van der Waals surface area contributed by atoms with Crippen LogP contribution in [0.4, 0.5) is 10.9 Å². The zero-order valence-electron chi connectivity index (χ0n) is 12.5. The highest BCUT2D eigenvalue weighted by Crippen LogP contribution is 2.29. The second-order valence-electron chi connectivity index (χ2n) is 4.99. The van der Waals surface area contributed by atoms with Crippen molar-refractivity contribution < 1.29 is 4.79 Å². The first-order valence-electron chi connectivity index (χ1n) is 7.29. The van der Waals surface area contributed by atoms with Crippen LogP contribution in [0.15, 0.2) is 12.7 Å². The smallest absolute Gasteiger partial charge is 0.268 e. The maximum atomic E-state index is 12.6. The third kappa shape index (κ3) is 3.74. The first-order valence-corrected chi connectivity index (χ1v) is 8.11. The van der Waals surface area contributed by atoms with Crippen molar-refractivity contribution in [1.82, 2.24) is 15.2 Å². The molecule has 0 aromatic carbocycles. The quantitative estimate of drug-likeness (QED) is 0.772. The molecule has 0 unspecified atom stereocenters. The van der Waals surface area contributed by atoms with E-state index in [1.807, 2.05) is 6.92 Å². The Morgan fingerprint density at radius 2 is 2.29 bits per heavy atom. The van der Waals surface area contributed by atoms with Gasteiger partial charge in [-0.2, -0.15) is 0 Å². The van der Waals surface area contributed by atoms with E-state index in [1.165, 1.54) is 11.3 Å². The summed E-state index contributed by atoms with van der Waals surface area (Å²) in [7, 11) is 0. The van der Waals surface area contributed by atoms with Crippen molar-refractivity contribution >= 4 is 28.2 Å². The molecule has 0 spiro atoms. The van der Waals surface area contributed by atoms with Crippen molar-refractivity contribution in [2.75, 3.05) is 49.9 Å². The molecule has 1 aliphatic rings. The number of nitrogens with two attached hydrogens (primary N) is 1. The van der Waals surface area contributed by atoms with Gasteiger partial charge in [0.05, 0.1) is 0 Å². The molecule has 1 fully saturated rings. The first-order chi connectivity index (χ1) is 10.2. The number of anilines is 2. The lowest BCUT2D eigenvalue weighted by atomic mass is 10.3. The van der Waals surface area contributed by atoms with E-state index < -0.39 is 0 Å². The molecule has 1 aromatic heterocycles. The van der Waals surface area contributed by atoms with Crippen LogP contribution >= 0.6 is 11.3 Å². The van der Waals surface area contributed by atoms with Crippen LogP contribution < -0.4 is 16.0 Å². The van der Waals surface area contributed by atoms with Crippen LogP contribution in [0.5, 0.6) is 0 Å². The third-order valence-electron chi connectivity index (χ3n) is 3.35. The van der Waals surface area contributed by atoms with E-state index in [0.717, 1.165) is 37.7 Å². The molecular weight excluding hydrogens is 286 g/mol. The van der Waals surface area contributed by atoms with Gasteiger partial charge in [-0.1, -0.05) is 24.3 Å². The number of carbonyl (C=O) groups excluding carboxylic acids is 1. The predicted molar refractivity (Wildman–Crippen MR) is 88.0 cm³/mol. The maximum absolute atomic E-state index is 12.6. The van der Waals surface area contributed by atoms with Gasteiger partial charge in [-0.05, 0) is 6.42 Å². The van der Waals surface area contributed by atoms with Crippen LogP contribution in [0.25, 0.3) is 0 Å². The maximum Gasteiger partial charge on any atom is 0.268 e. The molecule has 1 amide bonds. The van der Waals surface area contributed by atoms with Gasteiger partial charge in [0, 0.05) is 39.3 Å². The number of hydrogen-bond donors (Lipinski definition) is 2. The fraction of sp³-hybridized carbons (Fsp3) is 0.571. The highest BCUT2D eigenvalue weighted by atomic mass is 32.1. The van der Waals surface area contributed by atoms with Crippen molar-refractivity contribution in [2.24, 2.45) is 0 Å². The Hall–Kier alpha value is -1.60. The molecule has 0 saturated carbocycles. The van der Waals surface area contributed by atoms with Crippen molar-refractivity contribution in [3.05, 3.63) is 17.5 Å². The summed E-state index contributed by atoms with van der Waals surface area (Å²) in [4.78, 5) is 21.4. The van der Waals surface area contributed by atoms with Gasteiger partial charge >= 0.3 is 0 Å². The number of thiazole rings is 1. The lowest BCUT2D eigenvalue weighted by Gasteiger charge is -2.26. The Morgan fingerprint density at radius 1 is 1.57 bits per heavy atom. The van der Waals surface area contributed by atoms with E-state index in [1.54, 1.807) is 11.0 Å². The van der Waals surface area contributed by atoms with Gasteiger partial charge in [-0.25, -0.2) is 4.98 Å². The van der Waals surface area contributed by atoms with E-state index in [9.17, 15) is 4.79 Å². The zero-order valence-corrected chi connectivity index (χ0v) is 13.3. The van der Waals surface area contributed by atoms with Crippen LogP contribution in [0, 0.1) is 0 Å². The summed E-state index contributed by atoms with van der Waals surface area (Å²) < 4.78 is 0. The number of carbonyl (C=O) groups is 1. The number of nitrogens with one attached hydrogen (secondary N) is 1. The normalized spacial score (nSPS) is 15.0. The van der Waals surface area contributed by atoms with Gasteiger partial charge in [0.2, 0.25) is 0 Å². The molecule has 1 aromatic rings. The Bertz CT molecular complexity index is 496. The van der Waals surface area contributed by atoms with Gasteiger partial charge in [0.25, 0.3) is 5.91 Å². The van der Waals surface area contributed by atoms with Crippen molar-refractivity contribution in [3.8, 4) is 0 Å². The summed E-state index contributed by atoms with van der Waals surface area (Å²) >= 11 is 1.39. The van der Waals surface area contributed by atoms with Gasteiger partial charge in [-0.3, -0.25) is 4.79 Å². The molecule has 1 aliphatic heterocycles. The van der Waals surface area contributed by atoms with E-state index in [-0.39, 0.29) is 5.91 Å². The minimum atomic E-state index is -0.0480. The highest BCUT2D eigenvalue weighted by Gasteiger charge is 2.23. The molecule has 6 nitrogen and oxygen atoms in total. The van der Waals surface area contributed by atoms with Crippen molar-refractivity contribution in [1.29, 1.82) is 0 Å². The highest BCUT2D eigenvalue weighted by molar-refractivity contribution is 7.18. The molecule has 0 atom stereocenters. The molecule has 21 heavy (non-hydrogen) atoms. The third-order valence-corrected chi connectivity index (χ3v) is 4.47. The van der Waals surface area contributed by atoms with Crippen LogP contribution in [0.3, 0.4) is 0 Å². The van der Waals surface area contributed by atoms with Gasteiger partial charge in [0.15, 0.2) is 5.13 Å². The van der Waals surface area contributed by atoms with Crippen LogP contribution in [0.2, 0.25) is 0 Å². The first kappa shape index (κ1) is 15.8. The van der Waals surface area contributed by atoms with Crippen molar-refractivity contribution in [2.45, 2.75) is 13.3 Å². The number of hydrogen-bond acceptors (Lipinski definition) is 6. The summed E-state index contributed by atoms with van der Waals surface area (Å²) in [5, 5.41) is 4.14. The molecule has 0 bridgehead atoms. The van der Waals surface area contributed by atoms with Gasteiger partial charge in [-0.15, -0.1) is 6.58 Å². The molecular formula is C14H23N5OS. The largest absolute Gasteiger partial charge is 0.382 e. The summed E-state index contributed by atoms with van der Waals surface area (Å²) in [6, 6.07) is 0. The van der Waals surface area contributed by atoms with E-state index in [0.29, 0.717) is 23.8 Å². The number of amides is 1. The molecule has 0 aliphatic carbocycles. The predicted octanol–water partition coefficient (Wildman–Crippen LogP) is 1.17. The molecule has 1 saturated heterocycles. The minimum Gasteiger partial charge on any atom is -0.382 e. The lowest BCUT2D eigenvalue weighted by molar-refractivity contribution is 0.0779. The van der Waals surface area contributed by atoms with Crippen LogP contribution in [0.1, 0.15) is 23.0 Å². The molecule has 2 heterocycles. The fourth-order valence-corrected chi connectivity index (χ4v) is 3.31. The second kappa shape index (κ2) is 7.42. The summed E-state index contributed by atoms with van der Waals surface area (Å²) in [5.41, 5.74) is 5.96. The molecule has 0 radical (unpaired) electrons. The lowest BCUT2D eigenvalue weighted by Crippen LogP contribution is -2.43. The Labute approximate surface area is 129 Å². The van der Waals surface area contributed by atoms with E-state index >= 15 is 0 Å². The number of nitrogen functional groups attached to an aromatic ring is 1. The standard InChI is InChI=1S/C14H23N5OS/c1-3-7-18(8-4-2)13(20)11-12(15)17-14(21-11)19-9-5-16-6-10-19/h3,16H,1,4-10,15H2,2H3. The van der Waals surface area contributed by atoms with Gasteiger partial charge < -0.3 is 20.9 Å². The Kier molecular flexibility index (Phi) is 5.58. The topological polar surface area (TPSA) is 74.5 Å². The molecule has 2 rings (SSSR count). The summed E-state index contributed by atoms with van der Waals surface area (Å²) in [6.07, 6.45) is 2.64. The average molecular weight is 309 g/mol. The Morgan fingerprint density at radius 3 is 2.90 bits per heavy atom. The molecule has 3 N–H and O–H groups in total. The summed E-state index contributed by atoms with van der Waals surface area (Å²) in [5.74, 6) is 0.289. The number of nitrogens with zero attached hydrogens (tertiary/aromatic N) is 3. The van der Waals surface area contributed by atoms with Crippen LogP contribution in [-0.4, -0.2) is 55.1 Å². The number of piperazine rings is 1.